The number of methoxy groups -OCH3 is 1. The van der Waals surface area contributed by atoms with Crippen LogP contribution in [0.5, 0.6) is 0 Å². The van der Waals surface area contributed by atoms with E-state index in [1.54, 1.807) is 6.92 Å². The van der Waals surface area contributed by atoms with Gasteiger partial charge in [-0.15, -0.1) is 0 Å². The first-order valence-corrected chi connectivity index (χ1v) is 8.23. The van der Waals surface area contributed by atoms with Crippen molar-refractivity contribution in [2.45, 2.75) is 24.8 Å². The molecule has 7 heteroatoms. The van der Waals surface area contributed by atoms with Crippen LogP contribution in [0.25, 0.3) is 0 Å². The molecule has 0 amide bonds. The first-order valence-electron chi connectivity index (χ1n) is 6.79. The average molecular weight is 312 g/mol. The Labute approximate surface area is 125 Å². The molecule has 1 heterocycles. The van der Waals surface area contributed by atoms with Crippen LogP contribution in [0.15, 0.2) is 23.1 Å². The summed E-state index contributed by atoms with van der Waals surface area (Å²) in [6.07, 6.45) is 0. The molecule has 1 N–H and O–H groups in total. The molecule has 0 aliphatic carbocycles. The number of benzene rings is 1. The van der Waals surface area contributed by atoms with Gasteiger partial charge in [0.2, 0.25) is 10.0 Å². The van der Waals surface area contributed by atoms with Crippen LogP contribution in [0, 0.1) is 6.92 Å². The lowest BCUT2D eigenvalue weighted by molar-refractivity contribution is 0.0600. The molecule has 1 aromatic carbocycles. The molecular weight excluding hydrogens is 292 g/mol. The van der Waals surface area contributed by atoms with Crippen LogP contribution >= 0.6 is 0 Å². The second-order valence-corrected chi connectivity index (χ2v) is 7.03. The maximum absolute atomic E-state index is 12.7. The summed E-state index contributed by atoms with van der Waals surface area (Å²) in [4.78, 5) is 11.8. The summed E-state index contributed by atoms with van der Waals surface area (Å²) in [5.74, 6) is -0.466. The minimum atomic E-state index is -3.54. The number of sulfonamides is 1. The van der Waals surface area contributed by atoms with Gasteiger partial charge in [-0.25, -0.2) is 13.2 Å². The Morgan fingerprint density at radius 1 is 1.43 bits per heavy atom. The summed E-state index contributed by atoms with van der Waals surface area (Å²) in [7, 11) is -2.24. The Balaban J connectivity index is 2.37. The Bertz CT molecular complexity index is 642. The smallest absolute Gasteiger partial charge is 0.338 e. The summed E-state index contributed by atoms with van der Waals surface area (Å²) in [5, 5.41) is 3.16. The number of nitrogens with one attached hydrogen (secondary N) is 1. The Hall–Kier alpha value is -1.44. The number of hydrogen-bond donors (Lipinski definition) is 1. The normalized spacial score (nSPS) is 20.2. The predicted molar refractivity (Wildman–Crippen MR) is 78.7 cm³/mol. The summed E-state index contributed by atoms with van der Waals surface area (Å²) >= 11 is 0. The molecule has 0 aromatic heterocycles. The van der Waals surface area contributed by atoms with Gasteiger partial charge in [0, 0.05) is 25.7 Å². The van der Waals surface area contributed by atoms with Gasteiger partial charge in [-0.2, -0.15) is 4.31 Å². The van der Waals surface area contributed by atoms with E-state index in [4.69, 9.17) is 0 Å². The maximum atomic E-state index is 12.7. The number of carbonyl (C=O) groups excluding carboxylic acids is 1. The molecule has 1 saturated heterocycles. The molecule has 0 spiro atoms. The highest BCUT2D eigenvalue weighted by atomic mass is 32.2. The minimum absolute atomic E-state index is 0.0932. The number of carbonyl (C=O) groups is 1. The van der Waals surface area contributed by atoms with Gasteiger partial charge >= 0.3 is 5.97 Å². The van der Waals surface area contributed by atoms with Gasteiger partial charge in [-0.3, -0.25) is 0 Å². The van der Waals surface area contributed by atoms with Crippen LogP contribution < -0.4 is 5.32 Å². The van der Waals surface area contributed by atoms with E-state index in [2.05, 4.69) is 10.1 Å². The Kier molecular flexibility index (Phi) is 4.65. The van der Waals surface area contributed by atoms with Gasteiger partial charge in [0.15, 0.2) is 0 Å². The molecule has 1 aromatic rings. The number of rotatable bonds is 3. The third kappa shape index (κ3) is 3.09. The Morgan fingerprint density at radius 3 is 2.71 bits per heavy atom. The topological polar surface area (TPSA) is 75.7 Å². The van der Waals surface area contributed by atoms with E-state index < -0.39 is 16.0 Å². The molecule has 6 nitrogen and oxygen atoms in total. The van der Waals surface area contributed by atoms with Gasteiger partial charge in [0.25, 0.3) is 0 Å². The molecule has 0 saturated carbocycles. The standard InChI is InChI=1S/C14H20N2O4S/c1-10-8-12(4-5-13(10)14(17)20-3)21(18,19)16-7-6-15-9-11(16)2/h4-5,8,11,15H,6-7,9H2,1-3H3. The zero-order chi connectivity index (χ0) is 15.6. The largest absolute Gasteiger partial charge is 0.465 e. The molecule has 1 unspecified atom stereocenters. The highest BCUT2D eigenvalue weighted by Gasteiger charge is 2.31. The van der Waals surface area contributed by atoms with Crippen LogP contribution in [-0.2, 0) is 14.8 Å². The van der Waals surface area contributed by atoms with Gasteiger partial charge in [-0.05, 0) is 37.6 Å². The second-order valence-electron chi connectivity index (χ2n) is 5.14. The third-order valence-electron chi connectivity index (χ3n) is 3.65. The van der Waals surface area contributed by atoms with Crippen LogP contribution in [0.1, 0.15) is 22.8 Å². The molecular formula is C14H20N2O4S. The highest BCUT2D eigenvalue weighted by molar-refractivity contribution is 7.89. The molecule has 1 aliphatic heterocycles. The third-order valence-corrected chi connectivity index (χ3v) is 5.66. The summed E-state index contributed by atoms with van der Waals surface area (Å²) < 4.78 is 31.5. The molecule has 1 fully saturated rings. The van der Waals surface area contributed by atoms with E-state index in [1.165, 1.54) is 29.6 Å². The fourth-order valence-corrected chi connectivity index (χ4v) is 4.17. The zero-order valence-electron chi connectivity index (χ0n) is 12.4. The van der Waals surface area contributed by atoms with Gasteiger partial charge in [-0.1, -0.05) is 0 Å². The van der Waals surface area contributed by atoms with Crippen molar-refractivity contribution in [2.24, 2.45) is 0 Å². The van der Waals surface area contributed by atoms with E-state index in [9.17, 15) is 13.2 Å². The van der Waals surface area contributed by atoms with Gasteiger partial charge in [0.1, 0.15) is 0 Å². The number of aryl methyl sites for hydroxylation is 1. The monoisotopic (exact) mass is 312 g/mol. The molecule has 116 valence electrons. The second kappa shape index (κ2) is 6.13. The lowest BCUT2D eigenvalue weighted by atomic mass is 10.1. The molecule has 1 atom stereocenters. The first-order chi connectivity index (χ1) is 9.87. The maximum Gasteiger partial charge on any atom is 0.338 e. The fraction of sp³-hybridized carbons (Fsp3) is 0.500. The first kappa shape index (κ1) is 15.9. The van der Waals surface area contributed by atoms with Gasteiger partial charge in [0.05, 0.1) is 17.6 Å². The van der Waals surface area contributed by atoms with Crippen molar-refractivity contribution in [3.63, 3.8) is 0 Å². The number of hydrogen-bond acceptors (Lipinski definition) is 5. The van der Waals surface area contributed by atoms with Crippen molar-refractivity contribution in [1.82, 2.24) is 9.62 Å². The van der Waals surface area contributed by atoms with Crippen LogP contribution in [0.3, 0.4) is 0 Å². The van der Waals surface area contributed by atoms with E-state index in [0.717, 1.165) is 0 Å². The quantitative estimate of drug-likeness (QED) is 0.834. The number of nitrogens with zero attached hydrogens (tertiary/aromatic N) is 1. The molecule has 0 radical (unpaired) electrons. The van der Waals surface area contributed by atoms with Crippen LogP contribution in [0.4, 0.5) is 0 Å². The highest BCUT2D eigenvalue weighted by Crippen LogP contribution is 2.22. The SMILES string of the molecule is COC(=O)c1ccc(S(=O)(=O)N2CCNCC2C)cc1C. The van der Waals surface area contributed by atoms with Crippen molar-refractivity contribution < 1.29 is 17.9 Å². The van der Waals surface area contributed by atoms with E-state index in [-0.39, 0.29) is 10.9 Å². The Morgan fingerprint density at radius 2 is 2.14 bits per heavy atom. The van der Waals surface area contributed by atoms with Crippen LogP contribution in [0.2, 0.25) is 0 Å². The van der Waals surface area contributed by atoms with E-state index in [1.807, 2.05) is 6.92 Å². The van der Waals surface area contributed by atoms with Crippen molar-refractivity contribution in [1.29, 1.82) is 0 Å². The minimum Gasteiger partial charge on any atom is -0.465 e. The van der Waals surface area contributed by atoms with Crippen molar-refractivity contribution >= 4 is 16.0 Å². The molecule has 1 aliphatic rings. The molecule has 21 heavy (non-hydrogen) atoms. The van der Waals surface area contributed by atoms with Crippen LogP contribution in [-0.4, -0.2) is 51.5 Å². The van der Waals surface area contributed by atoms with Crippen molar-refractivity contribution in [3.8, 4) is 0 Å². The van der Waals surface area contributed by atoms with Crippen molar-refractivity contribution in [2.75, 3.05) is 26.7 Å². The lowest BCUT2D eigenvalue weighted by Gasteiger charge is -2.32. The van der Waals surface area contributed by atoms with Crippen molar-refractivity contribution in [3.05, 3.63) is 29.3 Å². The van der Waals surface area contributed by atoms with E-state index >= 15 is 0 Å². The number of ether oxygens (including phenoxy) is 1. The summed E-state index contributed by atoms with van der Waals surface area (Å²) in [6, 6.07) is 4.39. The number of esters is 1. The summed E-state index contributed by atoms with van der Waals surface area (Å²) in [5.41, 5.74) is 0.968. The zero-order valence-corrected chi connectivity index (χ0v) is 13.2. The predicted octanol–water partition coefficient (Wildman–Crippen LogP) is 0.764. The number of piperazine rings is 1. The average Bonchev–Trinajstić information content (AvgIpc) is 2.46. The van der Waals surface area contributed by atoms with Gasteiger partial charge < -0.3 is 10.1 Å². The summed E-state index contributed by atoms with van der Waals surface area (Å²) in [6.45, 7) is 5.30. The molecule has 0 bridgehead atoms. The lowest BCUT2D eigenvalue weighted by Crippen LogP contribution is -2.52. The molecule has 2 rings (SSSR count). The van der Waals surface area contributed by atoms with E-state index in [0.29, 0.717) is 30.8 Å². The fourth-order valence-electron chi connectivity index (χ4n) is 2.45.